The molecule has 0 aliphatic rings. The number of hydrogen-bond acceptors (Lipinski definition) is 3. The highest BCUT2D eigenvalue weighted by Gasteiger charge is 2.15. The van der Waals surface area contributed by atoms with Gasteiger partial charge in [0.25, 0.3) is 0 Å². The van der Waals surface area contributed by atoms with Gasteiger partial charge in [0.2, 0.25) is 0 Å². The smallest absolute Gasteiger partial charge is 0.339 e. The van der Waals surface area contributed by atoms with E-state index in [0.717, 1.165) is 22.6 Å². The fraction of sp³-hybridized carbons (Fsp3) is 0.280. The molecular formula is C25H27ClN2O2. The van der Waals surface area contributed by atoms with Crippen LogP contribution in [0.5, 0.6) is 0 Å². The first kappa shape index (κ1) is 21.8. The van der Waals surface area contributed by atoms with Crippen molar-refractivity contribution in [2.45, 2.75) is 40.0 Å². The summed E-state index contributed by atoms with van der Waals surface area (Å²) in [6.45, 7) is 10.8. The minimum absolute atomic E-state index is 0.124. The van der Waals surface area contributed by atoms with Crippen LogP contribution in [-0.2, 0) is 10.2 Å². The van der Waals surface area contributed by atoms with Gasteiger partial charge in [0, 0.05) is 28.9 Å². The Morgan fingerprint density at radius 2 is 1.73 bits per heavy atom. The van der Waals surface area contributed by atoms with Gasteiger partial charge in [-0.1, -0.05) is 44.5 Å². The molecule has 1 aromatic heterocycles. The maximum Gasteiger partial charge on any atom is 0.339 e. The van der Waals surface area contributed by atoms with Gasteiger partial charge in [-0.3, -0.25) is 4.99 Å². The Kier molecular flexibility index (Phi) is 6.18. The van der Waals surface area contributed by atoms with Gasteiger partial charge in [-0.2, -0.15) is 0 Å². The molecule has 0 N–H and O–H groups in total. The van der Waals surface area contributed by atoms with Crippen LogP contribution in [0.1, 0.15) is 53.6 Å². The van der Waals surface area contributed by atoms with Crippen molar-refractivity contribution in [2.24, 2.45) is 4.99 Å². The fourth-order valence-electron chi connectivity index (χ4n) is 3.43. The summed E-state index contributed by atoms with van der Waals surface area (Å²) in [5.41, 5.74) is 6.74. The van der Waals surface area contributed by atoms with Crippen molar-refractivity contribution in [3.05, 3.63) is 81.6 Å². The van der Waals surface area contributed by atoms with Crippen LogP contribution < -0.4 is 0 Å². The molecule has 0 unspecified atom stereocenters. The van der Waals surface area contributed by atoms with E-state index in [2.05, 4.69) is 74.5 Å². The number of aryl methyl sites for hydroxylation is 1. The van der Waals surface area contributed by atoms with Crippen LogP contribution in [0.25, 0.3) is 5.69 Å². The second-order valence-corrected chi connectivity index (χ2v) is 8.78. The van der Waals surface area contributed by atoms with Gasteiger partial charge < -0.3 is 9.30 Å². The van der Waals surface area contributed by atoms with E-state index < -0.39 is 5.97 Å². The quantitative estimate of drug-likeness (QED) is 0.352. The maximum absolute atomic E-state index is 11.8. The number of aliphatic imine (C=N–C) groups is 1. The summed E-state index contributed by atoms with van der Waals surface area (Å²) in [4.78, 5) is 16.4. The molecule has 3 aromatic rings. The van der Waals surface area contributed by atoms with Crippen molar-refractivity contribution in [1.82, 2.24) is 4.57 Å². The Morgan fingerprint density at radius 1 is 1.07 bits per heavy atom. The number of halogens is 1. The lowest BCUT2D eigenvalue weighted by atomic mass is 9.87. The molecule has 0 saturated carbocycles. The second kappa shape index (κ2) is 8.49. The summed E-state index contributed by atoms with van der Waals surface area (Å²) in [5, 5.41) is 0.345. The number of hydrogen-bond donors (Lipinski definition) is 0. The highest BCUT2D eigenvalue weighted by molar-refractivity contribution is 6.33. The minimum atomic E-state index is -0.478. The SMILES string of the molecule is COC(=O)c1cc(N=Cc2cc(C)n(-c3ccc(C(C)(C)C)cc3)c2C)ccc1Cl. The monoisotopic (exact) mass is 422 g/mol. The van der Waals surface area contributed by atoms with Gasteiger partial charge in [0.05, 0.1) is 23.4 Å². The number of rotatable bonds is 4. The standard InChI is InChI=1S/C25H27ClN2O2/c1-16-13-18(15-27-20-9-12-23(26)22(14-20)24(29)30-6)17(2)28(16)21-10-7-19(8-11-21)25(3,4)5/h7-15H,1-6H3. The molecule has 0 saturated heterocycles. The van der Waals surface area contributed by atoms with E-state index in [-0.39, 0.29) is 5.41 Å². The third-order valence-electron chi connectivity index (χ3n) is 5.17. The zero-order valence-corrected chi connectivity index (χ0v) is 19.0. The van der Waals surface area contributed by atoms with Crippen LogP contribution >= 0.6 is 11.6 Å². The first-order valence-corrected chi connectivity index (χ1v) is 10.2. The van der Waals surface area contributed by atoms with Gasteiger partial charge >= 0.3 is 5.97 Å². The maximum atomic E-state index is 11.8. The summed E-state index contributed by atoms with van der Waals surface area (Å²) in [6.07, 6.45) is 1.81. The third kappa shape index (κ3) is 4.49. The first-order chi connectivity index (χ1) is 14.1. The van der Waals surface area contributed by atoms with Crippen LogP contribution in [0, 0.1) is 13.8 Å². The number of methoxy groups -OCH3 is 1. The van der Waals surface area contributed by atoms with E-state index in [4.69, 9.17) is 16.3 Å². The van der Waals surface area contributed by atoms with Crippen molar-refractivity contribution in [1.29, 1.82) is 0 Å². The van der Waals surface area contributed by atoms with Gasteiger partial charge in [-0.25, -0.2) is 4.79 Å². The van der Waals surface area contributed by atoms with Crippen LogP contribution in [0.15, 0.2) is 53.5 Å². The largest absolute Gasteiger partial charge is 0.465 e. The van der Waals surface area contributed by atoms with Gasteiger partial charge in [0.1, 0.15) is 0 Å². The van der Waals surface area contributed by atoms with E-state index in [0.29, 0.717) is 16.3 Å². The van der Waals surface area contributed by atoms with Crippen molar-refractivity contribution in [3.63, 3.8) is 0 Å². The van der Waals surface area contributed by atoms with Crippen molar-refractivity contribution in [2.75, 3.05) is 7.11 Å². The molecule has 3 rings (SSSR count). The number of esters is 1. The Balaban J connectivity index is 1.92. The number of nitrogens with zero attached hydrogens (tertiary/aromatic N) is 2. The summed E-state index contributed by atoms with van der Waals surface area (Å²) in [7, 11) is 1.33. The zero-order valence-electron chi connectivity index (χ0n) is 18.3. The van der Waals surface area contributed by atoms with Crippen LogP contribution in [0.4, 0.5) is 5.69 Å². The molecule has 0 fully saturated rings. The molecule has 4 nitrogen and oxygen atoms in total. The topological polar surface area (TPSA) is 43.6 Å². The van der Waals surface area contributed by atoms with Crippen LogP contribution in [0.3, 0.4) is 0 Å². The molecule has 0 aliphatic heterocycles. The van der Waals surface area contributed by atoms with Crippen molar-refractivity contribution in [3.8, 4) is 5.69 Å². The lowest BCUT2D eigenvalue weighted by molar-refractivity contribution is 0.0601. The molecule has 2 aromatic carbocycles. The van der Waals surface area contributed by atoms with E-state index in [1.807, 2.05) is 6.21 Å². The van der Waals surface area contributed by atoms with Crippen molar-refractivity contribution >= 4 is 29.5 Å². The summed E-state index contributed by atoms with van der Waals surface area (Å²) >= 11 is 6.09. The zero-order chi connectivity index (χ0) is 22.1. The average molecular weight is 423 g/mol. The van der Waals surface area contributed by atoms with E-state index >= 15 is 0 Å². The molecule has 156 valence electrons. The Hall–Kier alpha value is -2.85. The molecule has 0 spiro atoms. The van der Waals surface area contributed by atoms with Crippen molar-refractivity contribution < 1.29 is 9.53 Å². The van der Waals surface area contributed by atoms with E-state index in [1.165, 1.54) is 12.7 Å². The number of carbonyl (C=O) groups excluding carboxylic acids is 1. The lowest BCUT2D eigenvalue weighted by Gasteiger charge is -2.20. The number of aromatic nitrogens is 1. The third-order valence-corrected chi connectivity index (χ3v) is 5.50. The predicted molar refractivity (Wildman–Crippen MR) is 124 cm³/mol. The molecule has 0 aliphatic carbocycles. The van der Waals surface area contributed by atoms with Crippen LogP contribution in [0.2, 0.25) is 5.02 Å². The Bertz CT molecular complexity index is 1100. The number of benzene rings is 2. The molecule has 0 bridgehead atoms. The van der Waals surface area contributed by atoms with Crippen LogP contribution in [-0.4, -0.2) is 23.9 Å². The molecule has 5 heteroatoms. The Labute approximate surface area is 183 Å². The highest BCUT2D eigenvalue weighted by atomic mass is 35.5. The number of carbonyl (C=O) groups is 1. The molecule has 0 radical (unpaired) electrons. The summed E-state index contributed by atoms with van der Waals surface area (Å²) in [5.74, 6) is -0.478. The lowest BCUT2D eigenvalue weighted by Crippen LogP contribution is -2.11. The van der Waals surface area contributed by atoms with Gasteiger partial charge in [-0.05, 0) is 61.2 Å². The molecule has 0 amide bonds. The number of ether oxygens (including phenoxy) is 1. The molecule has 0 atom stereocenters. The minimum Gasteiger partial charge on any atom is -0.465 e. The summed E-state index contributed by atoms with van der Waals surface area (Å²) < 4.78 is 6.99. The first-order valence-electron chi connectivity index (χ1n) is 9.83. The second-order valence-electron chi connectivity index (χ2n) is 8.37. The average Bonchev–Trinajstić information content (AvgIpc) is 2.99. The molecular weight excluding hydrogens is 396 g/mol. The highest BCUT2D eigenvalue weighted by Crippen LogP contribution is 2.26. The molecule has 1 heterocycles. The normalized spacial score (nSPS) is 11.8. The fourth-order valence-corrected chi connectivity index (χ4v) is 3.62. The van der Waals surface area contributed by atoms with E-state index in [9.17, 15) is 4.79 Å². The van der Waals surface area contributed by atoms with Gasteiger partial charge in [-0.15, -0.1) is 0 Å². The molecule has 30 heavy (non-hydrogen) atoms. The Morgan fingerprint density at radius 3 is 2.33 bits per heavy atom. The predicted octanol–water partition coefficient (Wildman–Crippen LogP) is 6.58. The summed E-state index contributed by atoms with van der Waals surface area (Å²) in [6, 6.07) is 15.8. The van der Waals surface area contributed by atoms with E-state index in [1.54, 1.807) is 18.2 Å². The van der Waals surface area contributed by atoms with Gasteiger partial charge in [0.15, 0.2) is 0 Å².